The minimum absolute atomic E-state index is 0.0843. The van der Waals surface area contributed by atoms with Crippen LogP contribution in [0.15, 0.2) is 16.8 Å². The van der Waals surface area contributed by atoms with E-state index in [2.05, 4.69) is 27.2 Å². The van der Waals surface area contributed by atoms with E-state index in [0.717, 1.165) is 36.5 Å². The smallest absolute Gasteiger partial charge is 0.272 e. The van der Waals surface area contributed by atoms with E-state index in [9.17, 15) is 4.79 Å². The van der Waals surface area contributed by atoms with Gasteiger partial charge in [-0.05, 0) is 26.7 Å². The summed E-state index contributed by atoms with van der Waals surface area (Å²) in [6.45, 7) is 7.67. The van der Waals surface area contributed by atoms with Crippen LogP contribution in [-0.2, 0) is 17.8 Å². The van der Waals surface area contributed by atoms with Gasteiger partial charge in [0.2, 0.25) is 5.95 Å². The maximum absolute atomic E-state index is 12.6. The molecular formula is C17H26N6O. The average molecular weight is 330 g/mol. The number of fused-ring (bicyclic) bond motifs is 1. The van der Waals surface area contributed by atoms with E-state index in [1.165, 1.54) is 0 Å². The molecular weight excluding hydrogens is 304 g/mol. The molecule has 7 heteroatoms. The number of allylic oxidation sites excluding steroid dienone is 1. The summed E-state index contributed by atoms with van der Waals surface area (Å²) in [4.78, 5) is 27.1. The monoisotopic (exact) mass is 330 g/mol. The van der Waals surface area contributed by atoms with Gasteiger partial charge in [0.15, 0.2) is 0 Å². The van der Waals surface area contributed by atoms with E-state index in [-0.39, 0.29) is 11.9 Å². The predicted octanol–water partition coefficient (Wildman–Crippen LogP) is 2.15. The van der Waals surface area contributed by atoms with Crippen molar-refractivity contribution in [3.8, 4) is 0 Å². The molecule has 1 aromatic heterocycles. The van der Waals surface area contributed by atoms with Crippen LogP contribution in [-0.4, -0.2) is 40.1 Å². The van der Waals surface area contributed by atoms with Crippen LogP contribution in [0, 0.1) is 0 Å². The fourth-order valence-corrected chi connectivity index (χ4v) is 2.71. The highest BCUT2D eigenvalue weighted by Crippen LogP contribution is 2.25. The number of hydrogen-bond donors (Lipinski definition) is 2. The number of rotatable bonds is 6. The second-order valence-electron chi connectivity index (χ2n) is 5.67. The quantitative estimate of drug-likeness (QED) is 0.473. The number of carbonyl (C=O) groups excluding carboxylic acids is 1. The first-order valence-electron chi connectivity index (χ1n) is 8.44. The van der Waals surface area contributed by atoms with Crippen molar-refractivity contribution in [3.05, 3.63) is 23.0 Å². The largest absolute Gasteiger partial charge is 0.370 e. The van der Waals surface area contributed by atoms with Crippen molar-refractivity contribution >= 4 is 23.9 Å². The summed E-state index contributed by atoms with van der Waals surface area (Å²) < 4.78 is 0. The van der Waals surface area contributed by atoms with Crippen LogP contribution < -0.4 is 11.1 Å². The second-order valence-corrected chi connectivity index (χ2v) is 5.67. The summed E-state index contributed by atoms with van der Waals surface area (Å²) in [5.74, 6) is 0.953. The van der Waals surface area contributed by atoms with Crippen LogP contribution in [0.25, 0.3) is 0 Å². The Morgan fingerprint density at radius 2 is 2.21 bits per heavy atom. The lowest BCUT2D eigenvalue weighted by atomic mass is 10.0. The van der Waals surface area contributed by atoms with Crippen LogP contribution in [0.5, 0.6) is 0 Å². The summed E-state index contributed by atoms with van der Waals surface area (Å²) in [6, 6.07) is 0. The van der Waals surface area contributed by atoms with Crippen molar-refractivity contribution in [1.29, 1.82) is 0 Å². The first-order chi connectivity index (χ1) is 11.6. The van der Waals surface area contributed by atoms with E-state index < -0.39 is 0 Å². The fraction of sp³-hybridized carbons (Fsp3) is 0.529. The SMILES string of the molecule is C/C=N\C(=C/C)C(=O)N1CCc2c(nc(N)nc2NCCCC)C1. The van der Waals surface area contributed by atoms with Gasteiger partial charge in [-0.2, -0.15) is 4.98 Å². The normalized spacial score (nSPS) is 14.8. The second kappa shape index (κ2) is 8.42. The number of nitrogens with zero attached hydrogens (tertiary/aromatic N) is 4. The standard InChI is InChI=1S/C17H26N6O/c1-4-7-9-20-15-12-8-10-23(11-14(12)21-17(18)22-15)16(24)13(5-2)19-6-3/h5-6H,4,7-11H2,1-3H3,(H3,18,20,21,22)/b13-5-,19-6-. The van der Waals surface area contributed by atoms with Gasteiger partial charge in [0.25, 0.3) is 5.91 Å². The van der Waals surface area contributed by atoms with Gasteiger partial charge in [-0.3, -0.25) is 9.79 Å². The highest BCUT2D eigenvalue weighted by atomic mass is 16.2. The number of amides is 1. The number of aromatic nitrogens is 2. The van der Waals surface area contributed by atoms with Crippen molar-refractivity contribution in [3.63, 3.8) is 0 Å². The molecule has 1 amide bonds. The molecule has 130 valence electrons. The molecule has 0 aliphatic carbocycles. The average Bonchev–Trinajstić information content (AvgIpc) is 2.58. The van der Waals surface area contributed by atoms with E-state index in [0.29, 0.717) is 25.2 Å². The lowest BCUT2D eigenvalue weighted by Gasteiger charge is -2.29. The van der Waals surface area contributed by atoms with E-state index in [4.69, 9.17) is 5.73 Å². The third kappa shape index (κ3) is 4.10. The van der Waals surface area contributed by atoms with Crippen molar-refractivity contribution in [2.24, 2.45) is 4.99 Å². The van der Waals surface area contributed by atoms with Crippen LogP contribution in [0.4, 0.5) is 11.8 Å². The molecule has 2 heterocycles. The number of unbranched alkanes of at least 4 members (excludes halogenated alkanes) is 1. The molecule has 2 rings (SSSR count). The molecule has 0 atom stereocenters. The summed E-state index contributed by atoms with van der Waals surface area (Å²) >= 11 is 0. The Labute approximate surface area is 143 Å². The van der Waals surface area contributed by atoms with Gasteiger partial charge in [0, 0.05) is 24.9 Å². The number of anilines is 2. The van der Waals surface area contributed by atoms with Crippen LogP contribution in [0.3, 0.4) is 0 Å². The minimum atomic E-state index is -0.0843. The predicted molar refractivity (Wildman–Crippen MR) is 96.9 cm³/mol. The number of nitrogen functional groups attached to an aromatic ring is 1. The number of hydrogen-bond acceptors (Lipinski definition) is 6. The lowest BCUT2D eigenvalue weighted by molar-refractivity contribution is -0.128. The Kier molecular flexibility index (Phi) is 6.28. The zero-order chi connectivity index (χ0) is 17.5. The molecule has 24 heavy (non-hydrogen) atoms. The Hall–Kier alpha value is -2.44. The molecule has 0 unspecified atom stereocenters. The Morgan fingerprint density at radius 3 is 2.88 bits per heavy atom. The van der Waals surface area contributed by atoms with Gasteiger partial charge >= 0.3 is 0 Å². The molecule has 0 saturated carbocycles. The zero-order valence-electron chi connectivity index (χ0n) is 14.7. The molecule has 0 radical (unpaired) electrons. The first kappa shape index (κ1) is 17.9. The van der Waals surface area contributed by atoms with Gasteiger partial charge in [0.05, 0.1) is 12.2 Å². The van der Waals surface area contributed by atoms with E-state index in [1.54, 1.807) is 24.1 Å². The van der Waals surface area contributed by atoms with E-state index >= 15 is 0 Å². The van der Waals surface area contributed by atoms with Gasteiger partial charge in [-0.25, -0.2) is 4.98 Å². The lowest BCUT2D eigenvalue weighted by Crippen LogP contribution is -2.37. The van der Waals surface area contributed by atoms with Crippen LogP contribution in [0.2, 0.25) is 0 Å². The molecule has 0 aromatic carbocycles. The maximum Gasteiger partial charge on any atom is 0.272 e. The van der Waals surface area contributed by atoms with Crippen molar-refractivity contribution in [2.75, 3.05) is 24.1 Å². The molecule has 1 aliphatic rings. The molecule has 0 saturated heterocycles. The fourth-order valence-electron chi connectivity index (χ4n) is 2.71. The summed E-state index contributed by atoms with van der Waals surface area (Å²) in [7, 11) is 0. The molecule has 3 N–H and O–H groups in total. The number of nitrogens with two attached hydrogens (primary N) is 1. The molecule has 7 nitrogen and oxygen atoms in total. The van der Waals surface area contributed by atoms with Gasteiger partial charge in [-0.1, -0.05) is 19.4 Å². The van der Waals surface area contributed by atoms with Crippen molar-refractivity contribution in [1.82, 2.24) is 14.9 Å². The third-order valence-corrected chi connectivity index (χ3v) is 3.95. The molecule has 1 aromatic rings. The highest BCUT2D eigenvalue weighted by molar-refractivity contribution is 5.94. The number of aliphatic imine (C=N–C) groups is 1. The van der Waals surface area contributed by atoms with Crippen LogP contribution in [0.1, 0.15) is 44.9 Å². The van der Waals surface area contributed by atoms with Gasteiger partial charge < -0.3 is 16.0 Å². The topological polar surface area (TPSA) is 96.5 Å². The summed E-state index contributed by atoms with van der Waals surface area (Å²) in [5, 5.41) is 3.34. The summed E-state index contributed by atoms with van der Waals surface area (Å²) in [5.41, 5.74) is 8.17. The summed E-state index contributed by atoms with van der Waals surface area (Å²) in [6.07, 6.45) is 6.25. The maximum atomic E-state index is 12.6. The molecule has 0 spiro atoms. The van der Waals surface area contributed by atoms with Crippen molar-refractivity contribution in [2.45, 2.75) is 46.6 Å². The highest BCUT2D eigenvalue weighted by Gasteiger charge is 2.26. The molecule has 0 fully saturated rings. The number of carbonyl (C=O) groups is 1. The Morgan fingerprint density at radius 1 is 1.42 bits per heavy atom. The number of nitrogens with one attached hydrogen (secondary N) is 1. The van der Waals surface area contributed by atoms with Crippen LogP contribution >= 0.6 is 0 Å². The Balaban J connectivity index is 2.20. The Bertz CT molecular complexity index is 653. The zero-order valence-corrected chi connectivity index (χ0v) is 14.7. The molecule has 0 bridgehead atoms. The molecule has 1 aliphatic heterocycles. The minimum Gasteiger partial charge on any atom is -0.370 e. The van der Waals surface area contributed by atoms with Gasteiger partial charge in [0.1, 0.15) is 11.5 Å². The van der Waals surface area contributed by atoms with E-state index in [1.807, 2.05) is 6.92 Å². The first-order valence-corrected chi connectivity index (χ1v) is 8.44. The van der Waals surface area contributed by atoms with Crippen molar-refractivity contribution < 1.29 is 4.79 Å². The third-order valence-electron chi connectivity index (χ3n) is 3.95. The van der Waals surface area contributed by atoms with Gasteiger partial charge in [-0.15, -0.1) is 0 Å².